The van der Waals surface area contributed by atoms with Crippen LogP contribution < -0.4 is 10.9 Å². The van der Waals surface area contributed by atoms with Crippen LogP contribution >= 0.6 is 11.8 Å². The average Bonchev–Trinajstić information content (AvgIpc) is 3.15. The van der Waals surface area contributed by atoms with Gasteiger partial charge in [-0.1, -0.05) is 30.0 Å². The molecule has 2 aromatic carbocycles. The summed E-state index contributed by atoms with van der Waals surface area (Å²) in [5.41, 5.74) is 0.568. The number of amides is 1. The topological polar surface area (TPSA) is 92.7 Å². The highest BCUT2D eigenvalue weighted by atomic mass is 32.2. The Bertz CT molecular complexity index is 1290. The molecule has 2 N–H and O–H groups in total. The van der Waals surface area contributed by atoms with Crippen LogP contribution in [0.15, 0.2) is 64.7 Å². The lowest BCUT2D eigenvalue weighted by atomic mass is 10.3. The van der Waals surface area contributed by atoms with Crippen molar-refractivity contribution in [2.24, 2.45) is 0 Å². The number of aromatic nitrogens is 4. The third-order valence-electron chi connectivity index (χ3n) is 4.26. The summed E-state index contributed by atoms with van der Waals surface area (Å²) < 4.78 is 28.3. The summed E-state index contributed by atoms with van der Waals surface area (Å²) >= 11 is 1.000. The van der Waals surface area contributed by atoms with Crippen LogP contribution in [0.25, 0.3) is 16.7 Å². The molecule has 0 aliphatic rings. The highest BCUT2D eigenvalue weighted by molar-refractivity contribution is 8.00. The Labute approximate surface area is 173 Å². The van der Waals surface area contributed by atoms with Gasteiger partial charge in [0, 0.05) is 6.07 Å². The molecule has 0 aliphatic carbocycles. The van der Waals surface area contributed by atoms with Gasteiger partial charge in [0.05, 0.1) is 22.8 Å². The van der Waals surface area contributed by atoms with Crippen molar-refractivity contribution in [1.29, 1.82) is 0 Å². The Kier molecular flexibility index (Phi) is 5.32. The first-order valence-corrected chi connectivity index (χ1v) is 9.76. The summed E-state index contributed by atoms with van der Waals surface area (Å²) in [4.78, 5) is 31.9. The molecule has 7 nitrogen and oxygen atoms in total. The molecule has 0 aliphatic heterocycles. The zero-order chi connectivity index (χ0) is 21.3. The van der Waals surface area contributed by atoms with Crippen molar-refractivity contribution in [3.05, 3.63) is 76.7 Å². The minimum atomic E-state index is -0.875. The Morgan fingerprint density at radius 2 is 1.97 bits per heavy atom. The van der Waals surface area contributed by atoms with E-state index in [1.165, 1.54) is 10.9 Å². The summed E-state index contributed by atoms with van der Waals surface area (Å²) in [6, 6.07) is 12.1. The summed E-state index contributed by atoms with van der Waals surface area (Å²) in [6.07, 6.45) is 1.43. The standard InChI is InChI=1S/C20H15F2N5O2S/c1-11(18(28)24-16-8-7-12(21)9-15(16)22)30-20-25-17-14(19(29)26-20)10-23-27(17)13-5-3-2-4-6-13/h2-11H,1H3,(H,24,28)(H,25,26,29). The number of para-hydroxylation sites is 1. The molecular formula is C20H15F2N5O2S. The average molecular weight is 427 g/mol. The molecule has 152 valence electrons. The maximum atomic E-state index is 13.8. The molecule has 2 aromatic heterocycles. The fraction of sp³-hybridized carbons (Fsp3) is 0.100. The number of H-pyrrole nitrogens is 1. The highest BCUT2D eigenvalue weighted by Gasteiger charge is 2.19. The van der Waals surface area contributed by atoms with Crippen molar-refractivity contribution in [3.8, 4) is 5.69 Å². The molecular weight excluding hydrogens is 412 g/mol. The second kappa shape index (κ2) is 8.07. The predicted molar refractivity (Wildman–Crippen MR) is 110 cm³/mol. The maximum absolute atomic E-state index is 13.8. The number of carbonyl (C=O) groups excluding carboxylic acids is 1. The lowest BCUT2D eigenvalue weighted by Crippen LogP contribution is -2.24. The van der Waals surface area contributed by atoms with Gasteiger partial charge in [0.2, 0.25) is 5.91 Å². The van der Waals surface area contributed by atoms with Crippen LogP contribution in [-0.4, -0.2) is 30.9 Å². The molecule has 2 heterocycles. The van der Waals surface area contributed by atoms with Crippen molar-refractivity contribution in [1.82, 2.24) is 19.7 Å². The molecule has 0 fully saturated rings. The first-order valence-electron chi connectivity index (χ1n) is 8.88. The number of anilines is 1. The van der Waals surface area contributed by atoms with E-state index >= 15 is 0 Å². The number of fused-ring (bicyclic) bond motifs is 1. The van der Waals surface area contributed by atoms with Gasteiger partial charge in [-0.15, -0.1) is 0 Å². The van der Waals surface area contributed by atoms with Gasteiger partial charge in [-0.2, -0.15) is 5.10 Å². The van der Waals surface area contributed by atoms with Gasteiger partial charge in [-0.05, 0) is 31.2 Å². The lowest BCUT2D eigenvalue weighted by molar-refractivity contribution is -0.115. The molecule has 0 bridgehead atoms. The summed E-state index contributed by atoms with van der Waals surface area (Å²) in [5.74, 6) is -2.14. The monoisotopic (exact) mass is 427 g/mol. The van der Waals surface area contributed by atoms with Crippen molar-refractivity contribution in [3.63, 3.8) is 0 Å². The Morgan fingerprint density at radius 1 is 1.20 bits per heavy atom. The van der Waals surface area contributed by atoms with Gasteiger partial charge < -0.3 is 10.3 Å². The first-order chi connectivity index (χ1) is 14.4. The third-order valence-corrected chi connectivity index (χ3v) is 5.25. The van der Waals surface area contributed by atoms with Crippen molar-refractivity contribution in [2.75, 3.05) is 5.32 Å². The molecule has 10 heteroatoms. The quantitative estimate of drug-likeness (QED) is 0.376. The first kappa shape index (κ1) is 19.8. The zero-order valence-electron chi connectivity index (χ0n) is 15.6. The normalized spacial score (nSPS) is 12.1. The highest BCUT2D eigenvalue weighted by Crippen LogP contribution is 2.23. The van der Waals surface area contributed by atoms with Crippen molar-refractivity contribution < 1.29 is 13.6 Å². The molecule has 1 atom stereocenters. The molecule has 0 spiro atoms. The number of hydrogen-bond acceptors (Lipinski definition) is 5. The number of thioether (sulfide) groups is 1. The van der Waals surface area contributed by atoms with Crippen LogP contribution in [0.2, 0.25) is 0 Å². The van der Waals surface area contributed by atoms with E-state index in [9.17, 15) is 18.4 Å². The SMILES string of the molecule is CC(Sc1nc2c(cnn2-c2ccccc2)c(=O)[nH]1)C(=O)Nc1ccc(F)cc1F. The van der Waals surface area contributed by atoms with Crippen molar-refractivity contribution in [2.45, 2.75) is 17.3 Å². The van der Waals surface area contributed by atoms with Gasteiger partial charge >= 0.3 is 0 Å². The van der Waals surface area contributed by atoms with Crippen LogP contribution in [-0.2, 0) is 4.79 Å². The number of benzene rings is 2. The third kappa shape index (κ3) is 3.94. The van der Waals surface area contributed by atoms with E-state index in [2.05, 4.69) is 20.4 Å². The number of carbonyl (C=O) groups is 1. The van der Waals surface area contributed by atoms with Crippen LogP contribution in [0.1, 0.15) is 6.92 Å². The number of halogens is 2. The van der Waals surface area contributed by atoms with Gasteiger partial charge in [0.15, 0.2) is 10.8 Å². The number of aromatic amines is 1. The van der Waals surface area contributed by atoms with E-state index in [0.717, 1.165) is 29.6 Å². The number of nitrogens with zero attached hydrogens (tertiary/aromatic N) is 3. The minimum absolute atomic E-state index is 0.132. The molecule has 0 radical (unpaired) electrons. The van der Waals surface area contributed by atoms with Crippen LogP contribution in [0, 0.1) is 11.6 Å². The summed E-state index contributed by atoms with van der Waals surface area (Å²) in [5, 5.41) is 6.44. The number of rotatable bonds is 5. The van der Waals surface area contributed by atoms with E-state index in [0.29, 0.717) is 17.1 Å². The van der Waals surface area contributed by atoms with Gasteiger partial charge in [-0.25, -0.2) is 18.4 Å². The molecule has 1 unspecified atom stereocenters. The Hall–Kier alpha value is -3.53. The Morgan fingerprint density at radius 3 is 2.70 bits per heavy atom. The Balaban J connectivity index is 1.58. The van der Waals surface area contributed by atoms with Crippen LogP contribution in [0.4, 0.5) is 14.5 Å². The maximum Gasteiger partial charge on any atom is 0.262 e. The smallest absolute Gasteiger partial charge is 0.262 e. The van der Waals surface area contributed by atoms with E-state index in [1.807, 2.05) is 30.3 Å². The zero-order valence-corrected chi connectivity index (χ0v) is 16.4. The van der Waals surface area contributed by atoms with Gasteiger partial charge in [-0.3, -0.25) is 9.59 Å². The lowest BCUT2D eigenvalue weighted by Gasteiger charge is -2.12. The van der Waals surface area contributed by atoms with Crippen molar-refractivity contribution >= 4 is 34.4 Å². The fourth-order valence-corrected chi connectivity index (χ4v) is 3.55. The van der Waals surface area contributed by atoms with Crippen LogP contribution in [0.3, 0.4) is 0 Å². The second-order valence-corrected chi connectivity index (χ2v) is 7.70. The fourth-order valence-electron chi connectivity index (χ4n) is 2.76. The van der Waals surface area contributed by atoms with E-state index < -0.39 is 22.8 Å². The molecule has 1 amide bonds. The molecule has 0 saturated heterocycles. The molecule has 30 heavy (non-hydrogen) atoms. The summed E-state index contributed by atoms with van der Waals surface area (Å²) in [7, 11) is 0. The molecule has 4 rings (SSSR count). The van der Waals surface area contributed by atoms with Crippen LogP contribution in [0.5, 0.6) is 0 Å². The number of hydrogen-bond donors (Lipinski definition) is 2. The molecule has 4 aromatic rings. The second-order valence-electron chi connectivity index (χ2n) is 6.37. The van der Waals surface area contributed by atoms with Gasteiger partial charge in [0.25, 0.3) is 5.56 Å². The summed E-state index contributed by atoms with van der Waals surface area (Å²) in [6.45, 7) is 1.58. The van der Waals surface area contributed by atoms with Gasteiger partial charge in [0.1, 0.15) is 17.0 Å². The largest absolute Gasteiger partial charge is 0.323 e. The van der Waals surface area contributed by atoms with E-state index in [1.54, 1.807) is 6.92 Å². The molecule has 0 saturated carbocycles. The number of nitrogens with one attached hydrogen (secondary N) is 2. The predicted octanol–water partition coefficient (Wildman–Crippen LogP) is 3.51. The minimum Gasteiger partial charge on any atom is -0.323 e. The van der Waals surface area contributed by atoms with E-state index in [4.69, 9.17) is 0 Å². The van der Waals surface area contributed by atoms with E-state index in [-0.39, 0.29) is 16.4 Å².